The maximum Gasteiger partial charge on any atom is 0.339 e. The molecule has 1 rings (SSSR count). The van der Waals surface area contributed by atoms with Crippen LogP contribution in [0.3, 0.4) is 0 Å². The molecule has 5 heteroatoms. The van der Waals surface area contributed by atoms with Crippen molar-refractivity contribution in [1.82, 2.24) is 0 Å². The van der Waals surface area contributed by atoms with Gasteiger partial charge in [0, 0.05) is 0 Å². The molecule has 0 spiro atoms. The lowest BCUT2D eigenvalue weighted by Crippen LogP contribution is -2.15. The summed E-state index contributed by atoms with van der Waals surface area (Å²) < 4.78 is 4.58. The summed E-state index contributed by atoms with van der Waals surface area (Å²) in [6, 6.07) is 6.64. The van der Waals surface area contributed by atoms with Crippen LogP contribution in [0.4, 0.5) is 5.69 Å². The highest BCUT2D eigenvalue weighted by atomic mass is 32.1. The third-order valence-corrected chi connectivity index (χ3v) is 2.04. The molecular formula is C10H11NO3S. The van der Waals surface area contributed by atoms with Gasteiger partial charge < -0.3 is 10.1 Å². The van der Waals surface area contributed by atoms with Crippen molar-refractivity contribution < 1.29 is 14.3 Å². The predicted molar refractivity (Wildman–Crippen MR) is 60.3 cm³/mol. The number of carbonyl (C=O) groups is 2. The lowest BCUT2D eigenvalue weighted by molar-refractivity contribution is -0.113. The number of rotatable bonds is 3. The van der Waals surface area contributed by atoms with Crippen molar-refractivity contribution >= 4 is 30.2 Å². The number of ether oxygens (including phenoxy) is 1. The average Bonchev–Trinajstić information content (AvgIpc) is 2.28. The molecule has 0 heterocycles. The summed E-state index contributed by atoms with van der Waals surface area (Å²) in [5.41, 5.74) is 0.763. The largest absolute Gasteiger partial charge is 0.465 e. The van der Waals surface area contributed by atoms with E-state index in [1.807, 2.05) is 0 Å². The summed E-state index contributed by atoms with van der Waals surface area (Å²) >= 11 is 3.83. The van der Waals surface area contributed by atoms with Gasteiger partial charge in [-0.05, 0) is 12.1 Å². The molecule has 0 aliphatic heterocycles. The number of hydrogen-bond acceptors (Lipinski definition) is 4. The standard InChI is InChI=1S/C10H11NO3S/c1-14-10(13)7-4-2-3-5-8(7)11-9(12)6-15/h2-5,15H,6H2,1H3,(H,11,12). The van der Waals surface area contributed by atoms with E-state index in [1.54, 1.807) is 24.3 Å². The number of esters is 1. The van der Waals surface area contributed by atoms with Crippen LogP contribution in [-0.4, -0.2) is 24.7 Å². The highest BCUT2D eigenvalue weighted by Crippen LogP contribution is 2.15. The van der Waals surface area contributed by atoms with Crippen molar-refractivity contribution in [2.75, 3.05) is 18.2 Å². The van der Waals surface area contributed by atoms with Crippen molar-refractivity contribution in [2.45, 2.75) is 0 Å². The van der Waals surface area contributed by atoms with Gasteiger partial charge in [0.15, 0.2) is 0 Å². The van der Waals surface area contributed by atoms with Gasteiger partial charge in [0.25, 0.3) is 0 Å². The third-order valence-electron chi connectivity index (χ3n) is 1.75. The summed E-state index contributed by atoms with van der Waals surface area (Å²) in [5.74, 6) is -0.685. The third kappa shape index (κ3) is 2.99. The second-order valence-electron chi connectivity index (χ2n) is 2.74. The number of anilines is 1. The molecule has 4 nitrogen and oxygen atoms in total. The molecule has 0 bridgehead atoms. The lowest BCUT2D eigenvalue weighted by atomic mass is 10.2. The molecule has 1 N–H and O–H groups in total. The number of hydrogen-bond donors (Lipinski definition) is 2. The Hall–Kier alpha value is -1.49. The Balaban J connectivity index is 2.96. The van der Waals surface area contributed by atoms with Crippen LogP contribution in [0.1, 0.15) is 10.4 Å². The molecule has 1 amide bonds. The molecule has 15 heavy (non-hydrogen) atoms. The maximum absolute atomic E-state index is 11.3. The molecular weight excluding hydrogens is 214 g/mol. The van der Waals surface area contributed by atoms with Gasteiger partial charge in [-0.3, -0.25) is 4.79 Å². The van der Waals surface area contributed by atoms with Gasteiger partial charge in [-0.2, -0.15) is 12.6 Å². The molecule has 80 valence electrons. The monoisotopic (exact) mass is 225 g/mol. The van der Waals surface area contributed by atoms with Crippen LogP contribution < -0.4 is 5.32 Å². The number of amides is 1. The number of thiol groups is 1. The average molecular weight is 225 g/mol. The molecule has 0 aliphatic carbocycles. The Morgan fingerprint density at radius 3 is 2.67 bits per heavy atom. The van der Waals surface area contributed by atoms with E-state index >= 15 is 0 Å². The maximum atomic E-state index is 11.3. The molecule has 0 radical (unpaired) electrons. The van der Waals surface area contributed by atoms with Crippen molar-refractivity contribution in [3.63, 3.8) is 0 Å². The topological polar surface area (TPSA) is 55.4 Å². The first-order valence-electron chi connectivity index (χ1n) is 4.27. The van der Waals surface area contributed by atoms with E-state index in [0.717, 1.165) is 0 Å². The van der Waals surface area contributed by atoms with Crippen molar-refractivity contribution in [3.05, 3.63) is 29.8 Å². The van der Waals surface area contributed by atoms with E-state index in [4.69, 9.17) is 0 Å². The quantitative estimate of drug-likeness (QED) is 0.603. The predicted octanol–water partition coefficient (Wildman–Crippen LogP) is 1.34. The Kier molecular flexibility index (Phi) is 4.17. The van der Waals surface area contributed by atoms with Crippen LogP contribution >= 0.6 is 12.6 Å². The van der Waals surface area contributed by atoms with E-state index in [-0.39, 0.29) is 11.7 Å². The molecule has 0 unspecified atom stereocenters. The van der Waals surface area contributed by atoms with Gasteiger partial charge in [0.05, 0.1) is 24.1 Å². The summed E-state index contributed by atoms with van der Waals surface area (Å²) in [4.78, 5) is 22.4. The molecule has 0 saturated carbocycles. The fourth-order valence-electron chi connectivity index (χ4n) is 1.07. The van der Waals surface area contributed by atoms with Crippen LogP contribution in [0.5, 0.6) is 0 Å². The number of para-hydroxylation sites is 1. The van der Waals surface area contributed by atoms with Gasteiger partial charge in [-0.1, -0.05) is 12.1 Å². The van der Waals surface area contributed by atoms with Gasteiger partial charge in [0.1, 0.15) is 0 Å². The molecule has 1 aromatic rings. The second kappa shape index (κ2) is 5.41. The fourth-order valence-corrected chi connectivity index (χ4v) is 1.15. The zero-order valence-corrected chi connectivity index (χ0v) is 9.08. The van der Waals surface area contributed by atoms with Crippen LogP contribution in [0, 0.1) is 0 Å². The molecule has 0 atom stereocenters. The molecule has 0 fully saturated rings. The number of benzene rings is 1. The SMILES string of the molecule is COC(=O)c1ccccc1NC(=O)CS. The Bertz CT molecular complexity index is 379. The summed E-state index contributed by atoms with van der Waals surface area (Å²) in [5, 5.41) is 2.56. The number of nitrogens with one attached hydrogen (secondary N) is 1. The van der Waals surface area contributed by atoms with Crippen LogP contribution in [0.2, 0.25) is 0 Å². The summed E-state index contributed by atoms with van der Waals surface area (Å²) in [6.07, 6.45) is 0. The first-order chi connectivity index (χ1) is 7.19. The minimum absolute atomic E-state index is 0.0650. The number of carbonyl (C=O) groups excluding carboxylic acids is 2. The van der Waals surface area contributed by atoms with Crippen LogP contribution in [-0.2, 0) is 9.53 Å². The highest BCUT2D eigenvalue weighted by Gasteiger charge is 2.11. The van der Waals surface area contributed by atoms with Gasteiger partial charge >= 0.3 is 5.97 Å². The Labute approximate surface area is 93.0 Å². The lowest BCUT2D eigenvalue weighted by Gasteiger charge is -2.07. The molecule has 0 aromatic heterocycles. The van der Waals surface area contributed by atoms with Gasteiger partial charge in [0.2, 0.25) is 5.91 Å². The van der Waals surface area contributed by atoms with Gasteiger partial charge in [-0.25, -0.2) is 4.79 Å². The second-order valence-corrected chi connectivity index (χ2v) is 3.06. The zero-order valence-electron chi connectivity index (χ0n) is 8.19. The molecule has 1 aromatic carbocycles. The molecule has 0 saturated heterocycles. The van der Waals surface area contributed by atoms with Crippen LogP contribution in [0.25, 0.3) is 0 Å². The van der Waals surface area contributed by atoms with Crippen LogP contribution in [0.15, 0.2) is 24.3 Å². The van der Waals surface area contributed by atoms with E-state index in [0.29, 0.717) is 11.3 Å². The molecule has 0 aliphatic rings. The minimum Gasteiger partial charge on any atom is -0.465 e. The van der Waals surface area contributed by atoms with Crippen molar-refractivity contribution in [1.29, 1.82) is 0 Å². The van der Waals surface area contributed by atoms with E-state index in [9.17, 15) is 9.59 Å². The van der Waals surface area contributed by atoms with E-state index in [2.05, 4.69) is 22.7 Å². The normalized spacial score (nSPS) is 9.47. The zero-order chi connectivity index (χ0) is 11.3. The number of methoxy groups -OCH3 is 1. The summed E-state index contributed by atoms with van der Waals surface area (Å²) in [6.45, 7) is 0. The van der Waals surface area contributed by atoms with Gasteiger partial charge in [-0.15, -0.1) is 0 Å². The van der Waals surface area contributed by atoms with E-state index < -0.39 is 5.97 Å². The smallest absolute Gasteiger partial charge is 0.339 e. The Morgan fingerprint density at radius 1 is 1.40 bits per heavy atom. The first-order valence-corrected chi connectivity index (χ1v) is 4.90. The fraction of sp³-hybridized carbons (Fsp3) is 0.200. The van der Waals surface area contributed by atoms with Crippen molar-refractivity contribution in [3.8, 4) is 0 Å². The highest BCUT2D eigenvalue weighted by molar-refractivity contribution is 7.81. The summed E-state index contributed by atoms with van der Waals surface area (Å²) in [7, 11) is 1.29. The first kappa shape index (κ1) is 11.6. The van der Waals surface area contributed by atoms with Crippen molar-refractivity contribution in [2.24, 2.45) is 0 Å². The van der Waals surface area contributed by atoms with E-state index in [1.165, 1.54) is 7.11 Å². The minimum atomic E-state index is -0.481. The Morgan fingerprint density at radius 2 is 2.07 bits per heavy atom.